The maximum absolute atomic E-state index is 13.8. The van der Waals surface area contributed by atoms with E-state index in [1.807, 2.05) is 54.3 Å². The van der Waals surface area contributed by atoms with Gasteiger partial charge < -0.3 is 14.4 Å². The van der Waals surface area contributed by atoms with Crippen molar-refractivity contribution in [1.82, 2.24) is 14.4 Å². The molecule has 0 unspecified atom stereocenters. The van der Waals surface area contributed by atoms with Crippen LogP contribution in [-0.4, -0.2) is 45.3 Å². The van der Waals surface area contributed by atoms with Crippen LogP contribution >= 0.6 is 0 Å². The third-order valence-electron chi connectivity index (χ3n) is 7.14. The van der Waals surface area contributed by atoms with Gasteiger partial charge in [-0.15, -0.1) is 0 Å². The Morgan fingerprint density at radius 1 is 0.919 bits per heavy atom. The second-order valence-electron chi connectivity index (χ2n) is 9.93. The Labute approximate surface area is 221 Å². The molecule has 0 N–H and O–H groups in total. The van der Waals surface area contributed by atoms with Gasteiger partial charge in [-0.1, -0.05) is 86.8 Å². The fraction of sp³-hybridized carbons (Fsp3) is 0.375. The number of aromatic nitrogens is 1. The number of nitrogens with zero attached hydrogens (tertiary/aromatic N) is 3. The highest BCUT2D eigenvalue weighted by Crippen LogP contribution is 2.25. The molecule has 0 bridgehead atoms. The number of carbonyl (C=O) groups excluding carboxylic acids is 2. The summed E-state index contributed by atoms with van der Waals surface area (Å²) >= 11 is 0. The molecule has 4 rings (SSSR count). The Kier molecular flexibility index (Phi) is 9.75. The van der Waals surface area contributed by atoms with Gasteiger partial charge in [-0.2, -0.15) is 0 Å². The number of rotatable bonds is 11. The summed E-state index contributed by atoms with van der Waals surface area (Å²) in [5.41, 5.74) is 3.34. The molecule has 2 aromatic carbocycles. The van der Waals surface area contributed by atoms with Crippen LogP contribution < -0.4 is 0 Å². The lowest BCUT2D eigenvalue weighted by Crippen LogP contribution is -2.47. The van der Waals surface area contributed by atoms with E-state index < -0.39 is 0 Å². The third kappa shape index (κ3) is 7.69. The Hall–Kier alpha value is -3.60. The first-order chi connectivity index (χ1) is 18.1. The Balaban J connectivity index is 1.49. The van der Waals surface area contributed by atoms with Crippen LogP contribution in [0.4, 0.5) is 0 Å². The zero-order chi connectivity index (χ0) is 25.9. The molecule has 0 spiro atoms. The fourth-order valence-corrected chi connectivity index (χ4v) is 5.14. The summed E-state index contributed by atoms with van der Waals surface area (Å²) in [5, 5.41) is 0. The van der Waals surface area contributed by atoms with Gasteiger partial charge in [0.2, 0.25) is 11.8 Å². The second-order valence-corrected chi connectivity index (χ2v) is 9.93. The molecule has 1 aliphatic rings. The molecule has 0 aliphatic heterocycles. The van der Waals surface area contributed by atoms with E-state index in [4.69, 9.17) is 0 Å². The van der Waals surface area contributed by atoms with Crippen molar-refractivity contribution in [3.63, 3.8) is 0 Å². The van der Waals surface area contributed by atoms with Crippen LogP contribution in [0, 0.1) is 0 Å². The van der Waals surface area contributed by atoms with E-state index >= 15 is 0 Å². The Bertz CT molecular complexity index is 1150. The van der Waals surface area contributed by atoms with E-state index in [0.717, 1.165) is 49.9 Å². The molecular formula is C32H39N3O2. The van der Waals surface area contributed by atoms with E-state index in [1.54, 1.807) is 11.0 Å². The predicted octanol–water partition coefficient (Wildman–Crippen LogP) is 6.15. The van der Waals surface area contributed by atoms with Crippen LogP contribution in [0.3, 0.4) is 0 Å². The maximum Gasteiger partial charge on any atom is 0.247 e. The van der Waals surface area contributed by atoms with Crippen molar-refractivity contribution in [2.45, 2.75) is 64.6 Å². The standard InChI is InChI=1S/C32H39N3O2/c1-2-22-34(31(36)21-20-27-13-6-3-7-14-27)26-32(37)35(29-17-10-5-11-18-29)25-30-19-12-23-33(30)24-28-15-8-4-9-16-28/h3-4,6-9,12-16,19-21,23,29H,2,5,10-11,17-18,22,24-26H2,1H3/b21-20+. The van der Waals surface area contributed by atoms with Gasteiger partial charge in [0.25, 0.3) is 0 Å². The Morgan fingerprint density at radius 3 is 2.32 bits per heavy atom. The highest BCUT2D eigenvalue weighted by molar-refractivity contribution is 5.94. The second kappa shape index (κ2) is 13.6. The van der Waals surface area contributed by atoms with Crippen molar-refractivity contribution >= 4 is 17.9 Å². The van der Waals surface area contributed by atoms with Crippen molar-refractivity contribution in [2.24, 2.45) is 0 Å². The van der Waals surface area contributed by atoms with Gasteiger partial charge in [-0.25, -0.2) is 0 Å². The van der Waals surface area contributed by atoms with E-state index in [0.29, 0.717) is 13.1 Å². The summed E-state index contributed by atoms with van der Waals surface area (Å²) in [7, 11) is 0. The molecule has 194 valence electrons. The van der Waals surface area contributed by atoms with Gasteiger partial charge >= 0.3 is 0 Å². The smallest absolute Gasteiger partial charge is 0.247 e. The zero-order valence-corrected chi connectivity index (χ0v) is 22.0. The first-order valence-electron chi connectivity index (χ1n) is 13.6. The SMILES string of the molecule is CCCN(CC(=O)N(Cc1cccn1Cc1ccccc1)C1CCCCC1)C(=O)/C=C/c1ccccc1. The molecule has 3 aromatic rings. The summed E-state index contributed by atoms with van der Waals surface area (Å²) in [4.78, 5) is 30.6. The van der Waals surface area contributed by atoms with Gasteiger partial charge in [-0.3, -0.25) is 9.59 Å². The van der Waals surface area contributed by atoms with Crippen LogP contribution in [0.2, 0.25) is 0 Å². The van der Waals surface area contributed by atoms with Crippen molar-refractivity contribution < 1.29 is 9.59 Å². The van der Waals surface area contributed by atoms with Crippen molar-refractivity contribution in [1.29, 1.82) is 0 Å². The zero-order valence-electron chi connectivity index (χ0n) is 22.0. The molecule has 0 radical (unpaired) electrons. The van der Waals surface area contributed by atoms with Gasteiger partial charge in [-0.05, 0) is 48.6 Å². The molecule has 37 heavy (non-hydrogen) atoms. The summed E-state index contributed by atoms with van der Waals surface area (Å²) in [5.74, 6) is -0.0793. The molecule has 1 heterocycles. The summed E-state index contributed by atoms with van der Waals surface area (Å²) < 4.78 is 2.23. The minimum absolute atomic E-state index is 0.0364. The maximum atomic E-state index is 13.8. The molecule has 1 fully saturated rings. The molecule has 1 saturated carbocycles. The molecule has 0 atom stereocenters. The lowest BCUT2D eigenvalue weighted by molar-refractivity contribution is -0.141. The highest BCUT2D eigenvalue weighted by atomic mass is 16.2. The quantitative estimate of drug-likeness (QED) is 0.298. The Morgan fingerprint density at radius 2 is 1.62 bits per heavy atom. The normalized spacial score (nSPS) is 14.1. The fourth-order valence-electron chi connectivity index (χ4n) is 5.14. The average Bonchev–Trinajstić information content (AvgIpc) is 3.38. The monoisotopic (exact) mass is 497 g/mol. The van der Waals surface area contributed by atoms with Crippen molar-refractivity contribution in [3.8, 4) is 0 Å². The van der Waals surface area contributed by atoms with Gasteiger partial charge in [0.05, 0.1) is 6.54 Å². The van der Waals surface area contributed by atoms with Crippen LogP contribution in [0.15, 0.2) is 85.1 Å². The molecule has 1 aromatic heterocycles. The lowest BCUT2D eigenvalue weighted by Gasteiger charge is -2.36. The highest BCUT2D eigenvalue weighted by Gasteiger charge is 2.28. The molecule has 2 amide bonds. The number of hydrogen-bond donors (Lipinski definition) is 0. The van der Waals surface area contributed by atoms with Crippen LogP contribution in [0.5, 0.6) is 0 Å². The minimum Gasteiger partial charge on any atom is -0.345 e. The summed E-state index contributed by atoms with van der Waals surface area (Å²) in [6, 6.07) is 24.6. The number of carbonyl (C=O) groups is 2. The van der Waals surface area contributed by atoms with Crippen molar-refractivity contribution in [2.75, 3.05) is 13.1 Å². The van der Waals surface area contributed by atoms with Crippen LogP contribution in [0.1, 0.15) is 62.3 Å². The third-order valence-corrected chi connectivity index (χ3v) is 7.14. The number of benzene rings is 2. The molecule has 1 aliphatic carbocycles. The summed E-state index contributed by atoms with van der Waals surface area (Å²) in [6.07, 6.45) is 11.9. The molecule has 5 heteroatoms. The molecular weight excluding hydrogens is 458 g/mol. The predicted molar refractivity (Wildman–Crippen MR) is 150 cm³/mol. The van der Waals surface area contributed by atoms with E-state index in [9.17, 15) is 9.59 Å². The number of hydrogen-bond acceptors (Lipinski definition) is 2. The van der Waals surface area contributed by atoms with Gasteiger partial charge in [0.1, 0.15) is 6.54 Å². The lowest BCUT2D eigenvalue weighted by atomic mass is 9.94. The van der Waals surface area contributed by atoms with Crippen LogP contribution in [0.25, 0.3) is 6.08 Å². The first-order valence-corrected chi connectivity index (χ1v) is 13.6. The van der Waals surface area contributed by atoms with E-state index in [-0.39, 0.29) is 24.4 Å². The summed E-state index contributed by atoms with van der Waals surface area (Å²) in [6.45, 7) is 4.06. The van der Waals surface area contributed by atoms with Crippen molar-refractivity contribution in [3.05, 3.63) is 102 Å². The van der Waals surface area contributed by atoms with Gasteiger partial charge in [0, 0.05) is 37.1 Å². The van der Waals surface area contributed by atoms with E-state index in [1.165, 1.54) is 12.0 Å². The molecule has 5 nitrogen and oxygen atoms in total. The van der Waals surface area contributed by atoms with Gasteiger partial charge in [0.15, 0.2) is 0 Å². The molecule has 0 saturated heterocycles. The van der Waals surface area contributed by atoms with Crippen LogP contribution in [-0.2, 0) is 22.7 Å². The topological polar surface area (TPSA) is 45.6 Å². The van der Waals surface area contributed by atoms with E-state index in [2.05, 4.69) is 47.2 Å². The minimum atomic E-state index is -0.116. The first kappa shape index (κ1) is 26.5. The average molecular weight is 498 g/mol. The number of amides is 2. The largest absolute Gasteiger partial charge is 0.345 e.